The molecule has 1 unspecified atom stereocenters. The number of morpholine rings is 1. The number of hydrogen-bond donors (Lipinski definition) is 4. The lowest BCUT2D eigenvalue weighted by molar-refractivity contribution is 0.0263. The Hall–Kier alpha value is -3.60. The lowest BCUT2D eigenvalue weighted by atomic mass is 10.1. The molecule has 1 atom stereocenters. The van der Waals surface area contributed by atoms with Crippen LogP contribution in [0.5, 0.6) is 0 Å². The number of benzene rings is 2. The molecule has 10 heteroatoms. The van der Waals surface area contributed by atoms with Crippen molar-refractivity contribution >= 4 is 23.4 Å². The summed E-state index contributed by atoms with van der Waals surface area (Å²) in [6, 6.07) is 11.0. The van der Waals surface area contributed by atoms with E-state index in [1.165, 1.54) is 12.1 Å². The average Bonchev–Trinajstić information content (AvgIpc) is 2.87. The fraction of sp³-hybridized carbons (Fsp3) is 0.292. The second kappa shape index (κ2) is 11.0. The van der Waals surface area contributed by atoms with E-state index in [-0.39, 0.29) is 18.5 Å². The molecule has 0 aliphatic carbocycles. The average molecular weight is 466 g/mol. The fourth-order valence-electron chi connectivity index (χ4n) is 3.67. The van der Waals surface area contributed by atoms with Gasteiger partial charge in [0.15, 0.2) is 0 Å². The summed E-state index contributed by atoms with van der Waals surface area (Å²) in [5, 5.41) is 8.52. The number of likely N-dealkylation sites (N-methyl/N-ethyl adjacent to an activating group) is 1. The molecule has 1 aromatic heterocycles. The zero-order valence-corrected chi connectivity index (χ0v) is 18.9. The van der Waals surface area contributed by atoms with Gasteiger partial charge in [0.2, 0.25) is 5.95 Å². The number of carbonyl (C=O) groups is 1. The second-order valence-corrected chi connectivity index (χ2v) is 7.76. The largest absolute Gasteiger partial charge is 0.356 e. The van der Waals surface area contributed by atoms with Gasteiger partial charge in [-0.2, -0.15) is 0 Å². The molecule has 0 saturated carbocycles. The maximum Gasteiger partial charge on any atom is 0.323 e. The molecule has 1 aliphatic rings. The number of urea groups is 1. The summed E-state index contributed by atoms with van der Waals surface area (Å²) >= 11 is 0. The summed E-state index contributed by atoms with van der Waals surface area (Å²) in [4.78, 5) is 23.4. The predicted molar refractivity (Wildman–Crippen MR) is 130 cm³/mol. The van der Waals surface area contributed by atoms with Gasteiger partial charge in [-0.15, -0.1) is 0 Å². The predicted octanol–water partition coefficient (Wildman–Crippen LogP) is 3.16. The zero-order valence-electron chi connectivity index (χ0n) is 18.9. The van der Waals surface area contributed by atoms with Crippen molar-refractivity contribution in [3.8, 4) is 11.1 Å². The Morgan fingerprint density at radius 2 is 1.94 bits per heavy atom. The lowest BCUT2D eigenvalue weighted by Crippen LogP contribution is -2.50. The molecular weight excluding hydrogens is 437 g/mol. The van der Waals surface area contributed by atoms with Crippen molar-refractivity contribution in [1.29, 1.82) is 0 Å². The molecule has 9 nitrogen and oxygen atoms in total. The number of nitrogens with zero attached hydrogens (tertiary/aromatic N) is 3. The van der Waals surface area contributed by atoms with E-state index in [0.29, 0.717) is 18.2 Å². The van der Waals surface area contributed by atoms with Crippen molar-refractivity contribution in [2.45, 2.75) is 19.7 Å². The summed E-state index contributed by atoms with van der Waals surface area (Å²) in [7, 11) is 0. The quantitative estimate of drug-likeness (QED) is 0.423. The molecule has 5 N–H and O–H groups in total. The van der Waals surface area contributed by atoms with E-state index in [1.54, 1.807) is 30.6 Å². The summed E-state index contributed by atoms with van der Waals surface area (Å²) in [6.07, 6.45) is 3.44. The molecule has 0 spiro atoms. The second-order valence-electron chi connectivity index (χ2n) is 7.76. The van der Waals surface area contributed by atoms with E-state index in [2.05, 4.69) is 25.9 Å². The summed E-state index contributed by atoms with van der Waals surface area (Å²) in [5.74, 6) is 0.0833. The SMILES string of the molecule is CCN(c1ncc(-c2ccc(NC(=O)Nc3cc(CN)ccc3F)cc2)cn1)C1CNCCO1. The number of nitrogens with one attached hydrogen (secondary N) is 3. The fourth-order valence-corrected chi connectivity index (χ4v) is 3.67. The van der Waals surface area contributed by atoms with E-state index in [1.807, 2.05) is 24.0 Å². The Balaban J connectivity index is 1.39. The van der Waals surface area contributed by atoms with Crippen molar-refractivity contribution in [3.05, 3.63) is 66.2 Å². The van der Waals surface area contributed by atoms with E-state index in [0.717, 1.165) is 36.3 Å². The van der Waals surface area contributed by atoms with E-state index in [9.17, 15) is 9.18 Å². The number of anilines is 3. The number of ether oxygens (including phenoxy) is 1. The highest BCUT2D eigenvalue weighted by atomic mass is 19.1. The standard InChI is InChI=1S/C24H28FN7O2/c1-2-32(22-15-27-9-10-34-22)23-28-13-18(14-29-23)17-4-6-19(7-5-17)30-24(33)31-21-11-16(12-26)3-8-20(21)25/h3-8,11,13-14,22,27H,2,9-10,12,15,26H2,1H3,(H2,30,31,33). The smallest absolute Gasteiger partial charge is 0.323 e. The van der Waals surface area contributed by atoms with Gasteiger partial charge in [0.1, 0.15) is 12.0 Å². The third-order valence-electron chi connectivity index (χ3n) is 5.48. The Morgan fingerprint density at radius 3 is 2.59 bits per heavy atom. The van der Waals surface area contributed by atoms with Gasteiger partial charge in [-0.25, -0.2) is 19.2 Å². The number of aromatic nitrogens is 2. The Bertz CT molecular complexity index is 1100. The van der Waals surface area contributed by atoms with Crippen molar-refractivity contribution in [3.63, 3.8) is 0 Å². The van der Waals surface area contributed by atoms with E-state index < -0.39 is 11.8 Å². The van der Waals surface area contributed by atoms with Crippen LogP contribution in [-0.2, 0) is 11.3 Å². The maximum absolute atomic E-state index is 13.9. The number of hydrogen-bond acceptors (Lipinski definition) is 7. The molecule has 1 aliphatic heterocycles. The van der Waals surface area contributed by atoms with Crippen LogP contribution in [0.15, 0.2) is 54.9 Å². The molecule has 2 aromatic carbocycles. The first kappa shape index (κ1) is 23.6. The summed E-state index contributed by atoms with van der Waals surface area (Å²) < 4.78 is 19.8. The van der Waals surface area contributed by atoms with Gasteiger partial charge in [-0.3, -0.25) is 0 Å². The molecular formula is C24H28FN7O2. The van der Waals surface area contributed by atoms with Crippen LogP contribution in [0.2, 0.25) is 0 Å². The molecule has 1 fully saturated rings. The Morgan fingerprint density at radius 1 is 1.18 bits per heavy atom. The first-order valence-electron chi connectivity index (χ1n) is 11.2. The monoisotopic (exact) mass is 465 g/mol. The van der Waals surface area contributed by atoms with Crippen molar-refractivity contribution in [2.75, 3.05) is 41.8 Å². The van der Waals surface area contributed by atoms with Crippen molar-refractivity contribution in [2.24, 2.45) is 5.73 Å². The van der Waals surface area contributed by atoms with Crippen LogP contribution in [0.25, 0.3) is 11.1 Å². The van der Waals surface area contributed by atoms with Crippen LogP contribution in [0.4, 0.5) is 26.5 Å². The van der Waals surface area contributed by atoms with Crippen LogP contribution >= 0.6 is 0 Å². The minimum Gasteiger partial charge on any atom is -0.356 e. The number of carbonyl (C=O) groups excluding carboxylic acids is 1. The minimum atomic E-state index is -0.549. The number of nitrogens with two attached hydrogens (primary N) is 1. The highest BCUT2D eigenvalue weighted by Crippen LogP contribution is 2.23. The first-order valence-corrected chi connectivity index (χ1v) is 11.2. The van der Waals surface area contributed by atoms with E-state index in [4.69, 9.17) is 10.5 Å². The Kier molecular flexibility index (Phi) is 7.63. The summed E-state index contributed by atoms with van der Waals surface area (Å²) in [5.41, 5.74) is 8.69. The van der Waals surface area contributed by atoms with Crippen LogP contribution in [-0.4, -0.2) is 48.5 Å². The minimum absolute atomic E-state index is 0.0739. The van der Waals surface area contributed by atoms with Gasteiger partial charge in [0.05, 0.1) is 12.3 Å². The van der Waals surface area contributed by atoms with Gasteiger partial charge in [-0.05, 0) is 42.3 Å². The third-order valence-corrected chi connectivity index (χ3v) is 5.48. The molecule has 34 heavy (non-hydrogen) atoms. The van der Waals surface area contributed by atoms with Gasteiger partial charge in [-0.1, -0.05) is 18.2 Å². The molecule has 3 aromatic rings. The zero-order chi connectivity index (χ0) is 23.9. The molecule has 0 radical (unpaired) electrons. The highest BCUT2D eigenvalue weighted by Gasteiger charge is 2.22. The number of rotatable bonds is 7. The molecule has 178 valence electrons. The molecule has 1 saturated heterocycles. The van der Waals surface area contributed by atoms with E-state index >= 15 is 0 Å². The van der Waals surface area contributed by atoms with Gasteiger partial charge in [0, 0.05) is 49.8 Å². The maximum atomic E-state index is 13.9. The highest BCUT2D eigenvalue weighted by molar-refractivity contribution is 6.00. The normalized spacial score (nSPS) is 15.6. The molecule has 2 amide bonds. The van der Waals surface area contributed by atoms with Gasteiger partial charge < -0.3 is 31.3 Å². The lowest BCUT2D eigenvalue weighted by Gasteiger charge is -2.33. The third kappa shape index (κ3) is 5.66. The molecule has 2 heterocycles. The number of halogens is 1. The van der Waals surface area contributed by atoms with Gasteiger partial charge in [0.25, 0.3) is 0 Å². The van der Waals surface area contributed by atoms with Crippen LogP contribution in [0, 0.1) is 5.82 Å². The van der Waals surface area contributed by atoms with Crippen molar-refractivity contribution in [1.82, 2.24) is 15.3 Å². The van der Waals surface area contributed by atoms with Crippen LogP contribution < -0.4 is 26.6 Å². The summed E-state index contributed by atoms with van der Waals surface area (Å²) in [6.45, 7) is 5.26. The first-order chi connectivity index (χ1) is 16.6. The van der Waals surface area contributed by atoms with Crippen LogP contribution in [0.3, 0.4) is 0 Å². The Labute approximate surface area is 197 Å². The van der Waals surface area contributed by atoms with Crippen LogP contribution in [0.1, 0.15) is 12.5 Å². The number of amides is 2. The molecule has 4 rings (SSSR count). The van der Waals surface area contributed by atoms with Crippen molar-refractivity contribution < 1.29 is 13.9 Å². The topological polar surface area (TPSA) is 117 Å². The molecule has 0 bridgehead atoms. The van der Waals surface area contributed by atoms with Gasteiger partial charge >= 0.3 is 6.03 Å².